The van der Waals surface area contributed by atoms with Crippen molar-refractivity contribution >= 4 is 17.5 Å². The summed E-state index contributed by atoms with van der Waals surface area (Å²) < 4.78 is 5.57. The van der Waals surface area contributed by atoms with Crippen LogP contribution in [0.2, 0.25) is 5.02 Å². The molecular formula is C17H20ClN3O2. The van der Waals surface area contributed by atoms with E-state index in [9.17, 15) is 4.79 Å². The summed E-state index contributed by atoms with van der Waals surface area (Å²) in [5.74, 6) is 0.664. The molecule has 5 nitrogen and oxygen atoms in total. The summed E-state index contributed by atoms with van der Waals surface area (Å²) in [5.41, 5.74) is 1.60. The predicted octanol–water partition coefficient (Wildman–Crippen LogP) is 3.05. The Hall–Kier alpha value is -1.85. The molecule has 1 aliphatic heterocycles. The van der Waals surface area contributed by atoms with Gasteiger partial charge in [-0.25, -0.2) is 4.98 Å². The molecular weight excluding hydrogens is 314 g/mol. The molecule has 0 saturated carbocycles. The zero-order chi connectivity index (χ0) is 16.4. The standard InChI is InChI=1S/C17H20ClN3O2/c1-20(2)17(22)15-8-5-9-21(15)10-12-11-23-16(19-12)13-6-3-4-7-14(13)18/h3-4,6-7,11,15H,5,8-10H2,1-2H3. The normalized spacial score (nSPS) is 18.3. The zero-order valence-electron chi connectivity index (χ0n) is 13.3. The second kappa shape index (κ2) is 6.72. The lowest BCUT2D eigenvalue weighted by atomic mass is 10.2. The highest BCUT2D eigenvalue weighted by Gasteiger charge is 2.32. The third-order valence-corrected chi connectivity index (χ3v) is 4.44. The molecule has 6 heteroatoms. The Balaban J connectivity index is 1.74. The fourth-order valence-electron chi connectivity index (χ4n) is 2.94. The van der Waals surface area contributed by atoms with E-state index in [4.69, 9.17) is 16.0 Å². The predicted molar refractivity (Wildman–Crippen MR) is 89.1 cm³/mol. The van der Waals surface area contributed by atoms with Crippen LogP contribution in [0, 0.1) is 0 Å². The summed E-state index contributed by atoms with van der Waals surface area (Å²) in [4.78, 5) is 20.6. The van der Waals surface area contributed by atoms with Gasteiger partial charge < -0.3 is 9.32 Å². The van der Waals surface area contributed by atoms with E-state index in [0.717, 1.165) is 30.6 Å². The van der Waals surface area contributed by atoms with Crippen molar-refractivity contribution in [1.82, 2.24) is 14.8 Å². The largest absolute Gasteiger partial charge is 0.444 e. The van der Waals surface area contributed by atoms with Gasteiger partial charge in [0.1, 0.15) is 6.26 Å². The van der Waals surface area contributed by atoms with Crippen LogP contribution in [0.3, 0.4) is 0 Å². The molecule has 1 aliphatic rings. The van der Waals surface area contributed by atoms with Crippen LogP contribution < -0.4 is 0 Å². The second-order valence-electron chi connectivity index (χ2n) is 5.99. The molecule has 1 fully saturated rings. The quantitative estimate of drug-likeness (QED) is 0.863. The third kappa shape index (κ3) is 3.41. The number of halogens is 1. The average molecular weight is 334 g/mol. The highest BCUT2D eigenvalue weighted by atomic mass is 35.5. The maximum absolute atomic E-state index is 12.2. The Bertz CT molecular complexity index is 699. The molecule has 0 radical (unpaired) electrons. The Labute approximate surface area is 140 Å². The number of likely N-dealkylation sites (N-methyl/N-ethyl adjacent to an activating group) is 1. The number of carbonyl (C=O) groups excluding carboxylic acids is 1. The van der Waals surface area contributed by atoms with E-state index >= 15 is 0 Å². The summed E-state index contributed by atoms with van der Waals surface area (Å²) in [6.45, 7) is 1.51. The van der Waals surface area contributed by atoms with Gasteiger partial charge in [-0.2, -0.15) is 0 Å². The molecule has 0 aliphatic carbocycles. The lowest BCUT2D eigenvalue weighted by Gasteiger charge is -2.25. The van der Waals surface area contributed by atoms with Crippen LogP contribution in [-0.4, -0.2) is 47.4 Å². The first-order valence-corrected chi connectivity index (χ1v) is 8.08. The number of amides is 1. The highest BCUT2D eigenvalue weighted by Crippen LogP contribution is 2.28. The first kappa shape index (κ1) is 16.0. The molecule has 0 bridgehead atoms. The summed E-state index contributed by atoms with van der Waals surface area (Å²) in [5, 5.41) is 0.614. The van der Waals surface area contributed by atoms with Gasteiger partial charge in [-0.05, 0) is 31.5 Å². The number of likely N-dealkylation sites (tertiary alicyclic amines) is 1. The van der Waals surface area contributed by atoms with Crippen molar-refractivity contribution < 1.29 is 9.21 Å². The molecule has 122 valence electrons. The minimum absolute atomic E-state index is 0.0644. The number of hydrogen-bond acceptors (Lipinski definition) is 4. The molecule has 23 heavy (non-hydrogen) atoms. The molecule has 1 atom stereocenters. The van der Waals surface area contributed by atoms with E-state index in [1.807, 2.05) is 24.3 Å². The molecule has 3 rings (SSSR count). The number of hydrogen-bond donors (Lipinski definition) is 0. The zero-order valence-corrected chi connectivity index (χ0v) is 14.1. The van der Waals surface area contributed by atoms with E-state index in [-0.39, 0.29) is 11.9 Å². The van der Waals surface area contributed by atoms with E-state index in [1.54, 1.807) is 25.3 Å². The van der Waals surface area contributed by atoms with Crippen molar-refractivity contribution in [2.75, 3.05) is 20.6 Å². The summed E-state index contributed by atoms with van der Waals surface area (Å²) in [6.07, 6.45) is 3.57. The smallest absolute Gasteiger partial charge is 0.239 e. The molecule has 2 heterocycles. The van der Waals surface area contributed by atoms with E-state index in [1.165, 1.54) is 0 Å². The monoisotopic (exact) mass is 333 g/mol. The fraction of sp³-hybridized carbons (Fsp3) is 0.412. The van der Waals surface area contributed by atoms with Crippen molar-refractivity contribution in [1.29, 1.82) is 0 Å². The molecule has 0 N–H and O–H groups in total. The van der Waals surface area contributed by atoms with Crippen molar-refractivity contribution in [2.45, 2.75) is 25.4 Å². The molecule has 1 amide bonds. The van der Waals surface area contributed by atoms with Crippen LogP contribution in [0.5, 0.6) is 0 Å². The van der Waals surface area contributed by atoms with Crippen LogP contribution >= 0.6 is 11.6 Å². The Morgan fingerprint density at radius 3 is 2.96 bits per heavy atom. The van der Waals surface area contributed by atoms with E-state index < -0.39 is 0 Å². The third-order valence-electron chi connectivity index (χ3n) is 4.11. The van der Waals surface area contributed by atoms with Gasteiger partial charge >= 0.3 is 0 Å². The van der Waals surface area contributed by atoms with E-state index in [2.05, 4.69) is 9.88 Å². The second-order valence-corrected chi connectivity index (χ2v) is 6.39. The van der Waals surface area contributed by atoms with Crippen LogP contribution in [0.4, 0.5) is 0 Å². The number of benzene rings is 1. The summed E-state index contributed by atoms with van der Waals surface area (Å²) in [6, 6.07) is 7.40. The summed E-state index contributed by atoms with van der Waals surface area (Å²) in [7, 11) is 3.59. The lowest BCUT2D eigenvalue weighted by molar-refractivity contribution is -0.133. The SMILES string of the molecule is CN(C)C(=O)C1CCCN1Cc1coc(-c2ccccc2Cl)n1. The Kier molecular flexibility index (Phi) is 4.68. The average Bonchev–Trinajstić information content (AvgIpc) is 3.17. The highest BCUT2D eigenvalue weighted by molar-refractivity contribution is 6.33. The topological polar surface area (TPSA) is 49.6 Å². The van der Waals surface area contributed by atoms with Crippen molar-refractivity contribution in [3.63, 3.8) is 0 Å². The number of nitrogens with zero attached hydrogens (tertiary/aromatic N) is 3. The van der Waals surface area contributed by atoms with Crippen molar-refractivity contribution in [3.05, 3.63) is 41.2 Å². The van der Waals surface area contributed by atoms with Gasteiger partial charge in [0.15, 0.2) is 0 Å². The van der Waals surface area contributed by atoms with Crippen molar-refractivity contribution in [3.8, 4) is 11.5 Å². The van der Waals surface area contributed by atoms with Gasteiger partial charge in [0.05, 0.1) is 22.3 Å². The van der Waals surface area contributed by atoms with Gasteiger partial charge in [0.2, 0.25) is 11.8 Å². The minimum atomic E-state index is -0.0644. The number of carbonyl (C=O) groups is 1. The lowest BCUT2D eigenvalue weighted by Crippen LogP contribution is -2.42. The molecule has 1 aromatic heterocycles. The number of oxazole rings is 1. The van der Waals surface area contributed by atoms with Gasteiger partial charge in [-0.1, -0.05) is 23.7 Å². The van der Waals surface area contributed by atoms with Gasteiger partial charge in [0, 0.05) is 20.6 Å². The fourth-order valence-corrected chi connectivity index (χ4v) is 3.16. The molecule has 1 unspecified atom stereocenters. The van der Waals surface area contributed by atoms with Crippen molar-refractivity contribution in [2.24, 2.45) is 0 Å². The number of aromatic nitrogens is 1. The first-order valence-electron chi connectivity index (χ1n) is 7.71. The maximum Gasteiger partial charge on any atom is 0.239 e. The molecule has 1 aromatic carbocycles. The molecule has 2 aromatic rings. The van der Waals surface area contributed by atoms with Gasteiger partial charge in [-0.3, -0.25) is 9.69 Å². The minimum Gasteiger partial charge on any atom is -0.444 e. The first-order chi connectivity index (χ1) is 11.1. The van der Waals surface area contributed by atoms with Crippen LogP contribution in [0.15, 0.2) is 34.9 Å². The van der Waals surface area contributed by atoms with Gasteiger partial charge in [0.25, 0.3) is 0 Å². The number of rotatable bonds is 4. The van der Waals surface area contributed by atoms with Crippen LogP contribution in [0.25, 0.3) is 11.5 Å². The maximum atomic E-state index is 12.2. The molecule has 1 saturated heterocycles. The summed E-state index contributed by atoms with van der Waals surface area (Å²) >= 11 is 6.18. The van der Waals surface area contributed by atoms with E-state index in [0.29, 0.717) is 17.5 Å². The Morgan fingerprint density at radius 1 is 1.43 bits per heavy atom. The van der Waals surface area contributed by atoms with Crippen LogP contribution in [0.1, 0.15) is 18.5 Å². The Morgan fingerprint density at radius 2 is 2.22 bits per heavy atom. The van der Waals surface area contributed by atoms with Gasteiger partial charge in [-0.15, -0.1) is 0 Å². The van der Waals surface area contributed by atoms with Crippen LogP contribution in [-0.2, 0) is 11.3 Å². The molecule has 0 spiro atoms.